The van der Waals surface area contributed by atoms with Gasteiger partial charge in [0.1, 0.15) is 0 Å². The predicted octanol–water partition coefficient (Wildman–Crippen LogP) is 2.63. The summed E-state index contributed by atoms with van der Waals surface area (Å²) in [7, 11) is -3.33. The Morgan fingerprint density at radius 3 is 2.23 bits per heavy atom. The predicted molar refractivity (Wildman–Crippen MR) is 120 cm³/mol. The molecule has 1 saturated heterocycles. The molecule has 30 heavy (non-hydrogen) atoms. The highest BCUT2D eigenvalue weighted by molar-refractivity contribution is 7.92. The highest BCUT2D eigenvalue weighted by Crippen LogP contribution is 2.20. The summed E-state index contributed by atoms with van der Waals surface area (Å²) in [5.41, 5.74) is 3.23. The van der Waals surface area contributed by atoms with Crippen molar-refractivity contribution in [3.63, 3.8) is 0 Å². The Labute approximate surface area is 178 Å². The Balaban J connectivity index is 1.58. The first-order valence-corrected chi connectivity index (χ1v) is 11.9. The summed E-state index contributed by atoms with van der Waals surface area (Å²) < 4.78 is 31.1. The first kappa shape index (κ1) is 22.1. The fourth-order valence-corrected chi connectivity index (χ4v) is 4.55. The molecular formula is C22H29N3O4S. The molecule has 1 amide bonds. The van der Waals surface area contributed by atoms with Gasteiger partial charge in [-0.25, -0.2) is 8.42 Å². The number of benzene rings is 2. The normalized spacial score (nSPS) is 14.4. The molecule has 1 heterocycles. The topological polar surface area (TPSA) is 79.0 Å². The van der Waals surface area contributed by atoms with Crippen molar-refractivity contribution in [3.05, 3.63) is 59.7 Å². The smallest absolute Gasteiger partial charge is 0.251 e. The Morgan fingerprint density at radius 2 is 1.67 bits per heavy atom. The molecular weight excluding hydrogens is 402 g/mol. The number of hydrogen-bond donors (Lipinski definition) is 1. The van der Waals surface area contributed by atoms with Crippen LogP contribution in [0.3, 0.4) is 0 Å². The summed E-state index contributed by atoms with van der Waals surface area (Å²) in [6.07, 6.45) is 0. The third kappa shape index (κ3) is 5.31. The lowest BCUT2D eigenvalue weighted by molar-refractivity contribution is 0.0951. The van der Waals surface area contributed by atoms with Crippen molar-refractivity contribution in [2.45, 2.75) is 20.4 Å². The number of anilines is 2. The largest absolute Gasteiger partial charge is 0.378 e. The quantitative estimate of drug-likeness (QED) is 0.695. The molecule has 7 nitrogen and oxygen atoms in total. The third-order valence-corrected chi connectivity index (χ3v) is 7.04. The van der Waals surface area contributed by atoms with E-state index < -0.39 is 10.0 Å². The van der Waals surface area contributed by atoms with E-state index in [1.54, 1.807) is 38.1 Å². The molecule has 1 aliphatic rings. The fraction of sp³-hybridized carbons (Fsp3) is 0.409. The fourth-order valence-electron chi connectivity index (χ4n) is 3.41. The molecule has 0 bridgehead atoms. The van der Waals surface area contributed by atoms with Gasteiger partial charge in [0, 0.05) is 37.4 Å². The first-order valence-electron chi connectivity index (χ1n) is 10.2. The molecule has 3 rings (SSSR count). The molecule has 2 aromatic rings. The Morgan fingerprint density at radius 1 is 1.03 bits per heavy atom. The van der Waals surface area contributed by atoms with E-state index in [4.69, 9.17) is 4.74 Å². The highest BCUT2D eigenvalue weighted by atomic mass is 32.2. The maximum Gasteiger partial charge on any atom is 0.251 e. The van der Waals surface area contributed by atoms with Gasteiger partial charge in [0.05, 0.1) is 24.7 Å². The molecule has 0 radical (unpaired) electrons. The summed E-state index contributed by atoms with van der Waals surface area (Å²) >= 11 is 0. The van der Waals surface area contributed by atoms with Crippen LogP contribution in [0.4, 0.5) is 11.4 Å². The number of amides is 1. The minimum Gasteiger partial charge on any atom is -0.378 e. The molecule has 2 aromatic carbocycles. The number of hydrogen-bond acceptors (Lipinski definition) is 5. The minimum absolute atomic E-state index is 0.0351. The van der Waals surface area contributed by atoms with E-state index in [1.165, 1.54) is 4.31 Å². The molecule has 0 aromatic heterocycles. The standard InChI is InChI=1S/C22H29N3O4S/c1-3-25(30(27,28)4-2)21-11-7-19(8-12-21)22(26)23-17-18-5-9-20(10-6-18)24-13-15-29-16-14-24/h5-12H,3-4,13-17H2,1-2H3,(H,23,26). The second-order valence-electron chi connectivity index (χ2n) is 7.06. The number of ether oxygens (including phenoxy) is 1. The van der Waals surface area contributed by atoms with Crippen LogP contribution in [0, 0.1) is 0 Å². The second kappa shape index (κ2) is 9.95. The maximum atomic E-state index is 12.5. The monoisotopic (exact) mass is 431 g/mol. The summed E-state index contributed by atoms with van der Waals surface area (Å²) in [5.74, 6) is -0.159. The van der Waals surface area contributed by atoms with Crippen LogP contribution in [-0.4, -0.2) is 52.9 Å². The van der Waals surface area contributed by atoms with Crippen molar-refractivity contribution in [1.82, 2.24) is 5.32 Å². The molecule has 1 N–H and O–H groups in total. The Hall–Kier alpha value is -2.58. The van der Waals surface area contributed by atoms with Gasteiger partial charge in [0.25, 0.3) is 5.91 Å². The van der Waals surface area contributed by atoms with Crippen LogP contribution in [0.2, 0.25) is 0 Å². The summed E-state index contributed by atoms with van der Waals surface area (Å²) in [4.78, 5) is 14.8. The van der Waals surface area contributed by atoms with Crippen molar-refractivity contribution in [3.8, 4) is 0 Å². The van der Waals surface area contributed by atoms with E-state index in [0.29, 0.717) is 24.3 Å². The highest BCUT2D eigenvalue weighted by Gasteiger charge is 2.19. The van der Waals surface area contributed by atoms with Crippen LogP contribution in [-0.2, 0) is 21.3 Å². The van der Waals surface area contributed by atoms with Crippen molar-refractivity contribution in [1.29, 1.82) is 0 Å². The third-order valence-electron chi connectivity index (χ3n) is 5.17. The molecule has 0 atom stereocenters. The SMILES string of the molecule is CCN(c1ccc(C(=O)NCc2ccc(N3CCOCC3)cc2)cc1)S(=O)(=O)CC. The lowest BCUT2D eigenvalue weighted by atomic mass is 10.1. The van der Waals surface area contributed by atoms with E-state index in [0.717, 1.165) is 37.6 Å². The van der Waals surface area contributed by atoms with Gasteiger partial charge < -0.3 is 15.0 Å². The Kier molecular flexibility index (Phi) is 7.33. The number of rotatable bonds is 8. The molecule has 0 spiro atoms. The lowest BCUT2D eigenvalue weighted by Gasteiger charge is -2.28. The average Bonchev–Trinajstić information content (AvgIpc) is 2.79. The van der Waals surface area contributed by atoms with Gasteiger partial charge in [0.15, 0.2) is 0 Å². The van der Waals surface area contributed by atoms with Gasteiger partial charge in [-0.05, 0) is 55.8 Å². The maximum absolute atomic E-state index is 12.5. The van der Waals surface area contributed by atoms with Gasteiger partial charge >= 0.3 is 0 Å². The minimum atomic E-state index is -3.33. The molecule has 0 unspecified atom stereocenters. The molecule has 162 valence electrons. The summed E-state index contributed by atoms with van der Waals surface area (Å²) in [5, 5.41) is 2.91. The number of nitrogens with one attached hydrogen (secondary N) is 1. The molecule has 0 aliphatic carbocycles. The molecule has 0 saturated carbocycles. The van der Waals surface area contributed by atoms with E-state index in [-0.39, 0.29) is 11.7 Å². The first-order chi connectivity index (χ1) is 14.4. The lowest BCUT2D eigenvalue weighted by Crippen LogP contribution is -2.36. The summed E-state index contributed by atoms with van der Waals surface area (Å²) in [6.45, 7) is 7.46. The zero-order valence-electron chi connectivity index (χ0n) is 17.5. The van der Waals surface area contributed by atoms with Crippen LogP contribution in [0.15, 0.2) is 48.5 Å². The van der Waals surface area contributed by atoms with E-state index in [2.05, 4.69) is 22.3 Å². The van der Waals surface area contributed by atoms with Crippen molar-refractivity contribution in [2.75, 3.05) is 47.8 Å². The van der Waals surface area contributed by atoms with Gasteiger partial charge in [-0.3, -0.25) is 9.10 Å². The molecule has 8 heteroatoms. The van der Waals surface area contributed by atoms with Crippen molar-refractivity contribution >= 4 is 27.3 Å². The van der Waals surface area contributed by atoms with Crippen LogP contribution >= 0.6 is 0 Å². The van der Waals surface area contributed by atoms with Crippen molar-refractivity contribution < 1.29 is 17.9 Å². The van der Waals surface area contributed by atoms with Gasteiger partial charge in [0.2, 0.25) is 10.0 Å². The number of morpholine rings is 1. The van der Waals surface area contributed by atoms with Crippen LogP contribution in [0.25, 0.3) is 0 Å². The number of sulfonamides is 1. The average molecular weight is 432 g/mol. The molecule has 1 fully saturated rings. The zero-order valence-corrected chi connectivity index (χ0v) is 18.3. The van der Waals surface area contributed by atoms with Crippen LogP contribution < -0.4 is 14.5 Å². The Bertz CT molecular complexity index is 937. The van der Waals surface area contributed by atoms with Gasteiger partial charge in [-0.1, -0.05) is 12.1 Å². The van der Waals surface area contributed by atoms with Crippen LogP contribution in [0.1, 0.15) is 29.8 Å². The van der Waals surface area contributed by atoms with Gasteiger partial charge in [-0.15, -0.1) is 0 Å². The van der Waals surface area contributed by atoms with E-state index in [9.17, 15) is 13.2 Å². The summed E-state index contributed by atoms with van der Waals surface area (Å²) in [6, 6.07) is 14.8. The zero-order chi connectivity index (χ0) is 21.6. The second-order valence-corrected chi connectivity index (χ2v) is 9.24. The number of carbonyl (C=O) groups is 1. The van der Waals surface area contributed by atoms with Crippen LogP contribution in [0.5, 0.6) is 0 Å². The number of carbonyl (C=O) groups excluding carboxylic acids is 1. The van der Waals surface area contributed by atoms with E-state index >= 15 is 0 Å². The van der Waals surface area contributed by atoms with Crippen molar-refractivity contribution in [2.24, 2.45) is 0 Å². The van der Waals surface area contributed by atoms with E-state index in [1.807, 2.05) is 12.1 Å². The molecule has 1 aliphatic heterocycles. The number of nitrogens with zero attached hydrogens (tertiary/aromatic N) is 2. The van der Waals surface area contributed by atoms with Gasteiger partial charge in [-0.2, -0.15) is 0 Å².